The molecule has 0 spiro atoms. The third-order valence-corrected chi connectivity index (χ3v) is 6.25. The summed E-state index contributed by atoms with van der Waals surface area (Å²) >= 11 is 8.87. The number of halogens is 2. The number of benzene rings is 2. The average Bonchev–Trinajstić information content (AvgIpc) is 2.56. The van der Waals surface area contributed by atoms with Crippen LogP contribution in [-0.4, -0.2) is 25.6 Å². The molecule has 9 heteroatoms. The Morgan fingerprint density at radius 1 is 1.08 bits per heavy atom. The lowest BCUT2D eigenvalue weighted by Gasteiger charge is -2.28. The molecule has 26 heavy (non-hydrogen) atoms. The van der Waals surface area contributed by atoms with E-state index in [0.717, 1.165) is 8.78 Å². The Bertz CT molecular complexity index is 915. The van der Waals surface area contributed by atoms with Crippen molar-refractivity contribution in [3.8, 4) is 0 Å². The van der Waals surface area contributed by atoms with Crippen LogP contribution < -0.4 is 9.62 Å². The van der Waals surface area contributed by atoms with Crippen LogP contribution in [0.25, 0.3) is 0 Å². The number of nitrogens with zero attached hydrogens (tertiary/aromatic N) is 1. The van der Waals surface area contributed by atoms with Crippen LogP contribution in [0.2, 0.25) is 0 Å². The second kappa shape index (κ2) is 8.20. The van der Waals surface area contributed by atoms with Gasteiger partial charge in [-0.25, -0.2) is 8.42 Å². The monoisotopic (exact) mass is 458 g/mol. The highest BCUT2D eigenvalue weighted by Gasteiger charge is 2.32. The molecule has 1 unspecified atom stereocenters. The number of nitrogens with one attached hydrogen (secondary N) is 1. The average molecular weight is 460 g/mol. The van der Waals surface area contributed by atoms with E-state index in [-0.39, 0.29) is 10.8 Å². The van der Waals surface area contributed by atoms with Crippen LogP contribution in [0.1, 0.15) is 13.8 Å². The number of carbonyl (C=O) groups excluding carboxylic acids is 2. The van der Waals surface area contributed by atoms with Crippen molar-refractivity contribution >= 4 is 60.1 Å². The molecule has 0 aromatic heterocycles. The number of hydrogen-bond donors (Lipinski definition) is 1. The van der Waals surface area contributed by atoms with Crippen molar-refractivity contribution in [2.24, 2.45) is 0 Å². The molecule has 0 saturated heterocycles. The summed E-state index contributed by atoms with van der Waals surface area (Å²) in [5.41, 5.74) is 0.772. The Kier molecular flexibility index (Phi) is 6.44. The van der Waals surface area contributed by atoms with E-state index in [9.17, 15) is 18.0 Å². The molecule has 2 rings (SSSR count). The highest BCUT2D eigenvalue weighted by atomic mass is 79.9. The Morgan fingerprint density at radius 2 is 1.62 bits per heavy atom. The van der Waals surface area contributed by atoms with E-state index >= 15 is 0 Å². The van der Waals surface area contributed by atoms with Gasteiger partial charge in [0.15, 0.2) is 0 Å². The minimum absolute atomic E-state index is 0.0284. The van der Waals surface area contributed by atoms with Crippen molar-refractivity contribution in [2.75, 3.05) is 9.62 Å². The SMILES string of the molecule is CC(=O)Nc1ccc(S(=O)(=O)N(c2ccc(Br)cc2)C(C)C(=O)Cl)cc1. The molecular formula is C17H16BrClN2O4S. The summed E-state index contributed by atoms with van der Waals surface area (Å²) in [5.74, 6) is -0.265. The van der Waals surface area contributed by atoms with Crippen LogP contribution in [0.15, 0.2) is 57.9 Å². The lowest BCUT2D eigenvalue weighted by atomic mass is 10.3. The van der Waals surface area contributed by atoms with Gasteiger partial charge in [-0.2, -0.15) is 0 Å². The summed E-state index contributed by atoms with van der Waals surface area (Å²) in [7, 11) is -4.06. The minimum Gasteiger partial charge on any atom is -0.326 e. The fraction of sp³-hybridized carbons (Fsp3) is 0.176. The molecule has 0 saturated carbocycles. The van der Waals surface area contributed by atoms with Gasteiger partial charge in [0.25, 0.3) is 10.0 Å². The fourth-order valence-electron chi connectivity index (χ4n) is 2.28. The van der Waals surface area contributed by atoms with Crippen LogP contribution in [-0.2, 0) is 19.6 Å². The zero-order chi connectivity index (χ0) is 19.5. The second-order valence-electron chi connectivity index (χ2n) is 5.46. The Hall–Kier alpha value is -1.90. The first-order valence-electron chi connectivity index (χ1n) is 7.50. The molecule has 0 aliphatic carbocycles. The first-order valence-corrected chi connectivity index (χ1v) is 10.1. The molecule has 2 aromatic carbocycles. The Labute approximate surface area is 165 Å². The molecule has 0 aliphatic heterocycles. The van der Waals surface area contributed by atoms with E-state index in [0.29, 0.717) is 11.4 Å². The van der Waals surface area contributed by atoms with Crippen LogP contribution in [0.4, 0.5) is 11.4 Å². The van der Waals surface area contributed by atoms with Crippen molar-refractivity contribution in [1.82, 2.24) is 0 Å². The van der Waals surface area contributed by atoms with E-state index in [1.54, 1.807) is 24.3 Å². The molecule has 0 fully saturated rings. The number of amides is 1. The van der Waals surface area contributed by atoms with E-state index in [1.807, 2.05) is 0 Å². The molecule has 138 valence electrons. The van der Waals surface area contributed by atoms with Gasteiger partial charge in [0.1, 0.15) is 6.04 Å². The van der Waals surface area contributed by atoms with Crippen molar-refractivity contribution in [2.45, 2.75) is 24.8 Å². The summed E-state index contributed by atoms with van der Waals surface area (Å²) < 4.78 is 28.0. The highest BCUT2D eigenvalue weighted by Crippen LogP contribution is 2.29. The van der Waals surface area contributed by atoms with Gasteiger partial charge in [0.05, 0.1) is 10.6 Å². The van der Waals surface area contributed by atoms with Crippen LogP contribution >= 0.6 is 27.5 Å². The van der Waals surface area contributed by atoms with Crippen molar-refractivity contribution in [1.29, 1.82) is 0 Å². The van der Waals surface area contributed by atoms with Crippen molar-refractivity contribution < 1.29 is 18.0 Å². The quantitative estimate of drug-likeness (QED) is 0.667. The second-order valence-corrected chi connectivity index (χ2v) is 8.57. The van der Waals surface area contributed by atoms with E-state index in [2.05, 4.69) is 21.2 Å². The Morgan fingerprint density at radius 3 is 2.08 bits per heavy atom. The van der Waals surface area contributed by atoms with Crippen LogP contribution in [0, 0.1) is 0 Å². The molecule has 1 N–H and O–H groups in total. The van der Waals surface area contributed by atoms with E-state index in [4.69, 9.17) is 11.6 Å². The molecule has 0 heterocycles. The van der Waals surface area contributed by atoms with Gasteiger partial charge < -0.3 is 5.32 Å². The number of carbonyl (C=O) groups is 2. The summed E-state index contributed by atoms with van der Waals surface area (Å²) in [5, 5.41) is 1.76. The van der Waals surface area contributed by atoms with Gasteiger partial charge in [-0.1, -0.05) is 15.9 Å². The molecule has 6 nitrogen and oxygen atoms in total. The molecule has 0 aliphatic rings. The van der Waals surface area contributed by atoms with E-state index < -0.39 is 21.3 Å². The zero-order valence-electron chi connectivity index (χ0n) is 13.9. The third-order valence-electron chi connectivity index (χ3n) is 3.49. The molecule has 0 bridgehead atoms. The topological polar surface area (TPSA) is 83.6 Å². The number of rotatable bonds is 6. The van der Waals surface area contributed by atoms with Crippen molar-refractivity contribution in [3.05, 3.63) is 53.0 Å². The predicted molar refractivity (Wildman–Crippen MR) is 105 cm³/mol. The largest absolute Gasteiger partial charge is 0.326 e. The highest BCUT2D eigenvalue weighted by molar-refractivity contribution is 9.10. The van der Waals surface area contributed by atoms with Crippen LogP contribution in [0.3, 0.4) is 0 Å². The van der Waals surface area contributed by atoms with Gasteiger partial charge in [0.2, 0.25) is 11.1 Å². The normalized spacial score (nSPS) is 12.3. The molecule has 1 atom stereocenters. The van der Waals surface area contributed by atoms with Crippen molar-refractivity contribution in [3.63, 3.8) is 0 Å². The summed E-state index contributed by atoms with van der Waals surface area (Å²) in [6.45, 7) is 2.77. The summed E-state index contributed by atoms with van der Waals surface area (Å²) in [6, 6.07) is 11.1. The smallest absolute Gasteiger partial charge is 0.265 e. The van der Waals surface area contributed by atoms with Gasteiger partial charge in [-0.3, -0.25) is 13.9 Å². The Balaban J connectivity index is 2.50. The minimum atomic E-state index is -4.06. The lowest BCUT2D eigenvalue weighted by Crippen LogP contribution is -2.42. The maximum absolute atomic E-state index is 13.1. The standard InChI is InChI=1S/C17H16BrClN2O4S/c1-11(17(19)23)21(15-7-3-13(18)4-8-15)26(24,25)16-9-5-14(6-10-16)20-12(2)22/h3-11H,1-2H3,(H,20,22). The van der Waals surface area contributed by atoms with Gasteiger partial charge in [-0.05, 0) is 67.1 Å². The first kappa shape index (κ1) is 20.4. The number of anilines is 2. The molecule has 2 aromatic rings. The third kappa shape index (κ3) is 4.63. The molecule has 1 amide bonds. The number of sulfonamides is 1. The maximum Gasteiger partial charge on any atom is 0.265 e. The van der Waals surface area contributed by atoms with Gasteiger partial charge in [0, 0.05) is 17.1 Å². The molecule has 0 radical (unpaired) electrons. The predicted octanol–water partition coefficient (Wildman–Crippen LogP) is 3.76. The maximum atomic E-state index is 13.1. The number of hydrogen-bond acceptors (Lipinski definition) is 4. The van der Waals surface area contributed by atoms with Gasteiger partial charge in [-0.15, -0.1) is 0 Å². The van der Waals surface area contributed by atoms with E-state index in [1.165, 1.54) is 38.1 Å². The van der Waals surface area contributed by atoms with Gasteiger partial charge >= 0.3 is 0 Å². The van der Waals surface area contributed by atoms with Crippen LogP contribution in [0.5, 0.6) is 0 Å². The zero-order valence-corrected chi connectivity index (χ0v) is 17.1. The summed E-state index contributed by atoms with van der Waals surface area (Å²) in [4.78, 5) is 22.7. The fourth-order valence-corrected chi connectivity index (χ4v) is 4.32. The molecular weight excluding hydrogens is 444 g/mol. The lowest BCUT2D eigenvalue weighted by molar-refractivity contribution is -0.114. The first-order chi connectivity index (χ1) is 12.1. The summed E-state index contributed by atoms with van der Waals surface area (Å²) in [6.07, 6.45) is 0.